The number of aryl methyl sites for hydroxylation is 1. The van der Waals surface area contributed by atoms with E-state index in [0.29, 0.717) is 19.4 Å². The standard InChI is InChI=1S/C19H28N2O3/c1-19(2,3)10-9-15(18(23)24)20-12-13-5-6-14-7-8-17(22)21(4)16(14)11-13/h5-6,11,15,20H,7-10,12H2,1-4H3,(H,23,24)/t15-/m0/s1. The van der Waals surface area contributed by atoms with E-state index in [1.807, 2.05) is 18.2 Å². The number of hydrogen-bond acceptors (Lipinski definition) is 3. The van der Waals surface area contributed by atoms with Gasteiger partial charge in [0, 0.05) is 25.7 Å². The second-order valence-corrected chi connectivity index (χ2v) is 7.79. The lowest BCUT2D eigenvalue weighted by Crippen LogP contribution is -2.37. The lowest BCUT2D eigenvalue weighted by molar-refractivity contribution is -0.139. The van der Waals surface area contributed by atoms with Crippen LogP contribution >= 0.6 is 0 Å². The van der Waals surface area contributed by atoms with Gasteiger partial charge in [-0.1, -0.05) is 32.9 Å². The minimum atomic E-state index is -0.815. The Morgan fingerprint density at radius 1 is 1.33 bits per heavy atom. The van der Waals surface area contributed by atoms with Crippen molar-refractivity contribution < 1.29 is 14.7 Å². The summed E-state index contributed by atoms with van der Waals surface area (Å²) in [5, 5.41) is 12.5. The average Bonchev–Trinajstić information content (AvgIpc) is 2.50. The van der Waals surface area contributed by atoms with Crippen LogP contribution in [-0.2, 0) is 22.6 Å². The van der Waals surface area contributed by atoms with E-state index in [0.717, 1.165) is 24.1 Å². The molecule has 0 spiro atoms. The third kappa shape index (κ3) is 4.81. The lowest BCUT2D eigenvalue weighted by Gasteiger charge is -2.26. The van der Waals surface area contributed by atoms with Gasteiger partial charge in [-0.05, 0) is 41.9 Å². The van der Waals surface area contributed by atoms with Gasteiger partial charge in [0.1, 0.15) is 6.04 Å². The molecule has 0 saturated carbocycles. The van der Waals surface area contributed by atoms with Crippen molar-refractivity contribution >= 4 is 17.6 Å². The SMILES string of the molecule is CN1C(=O)CCc2ccc(CN[C@@H](CCC(C)(C)C)C(=O)O)cc21. The molecular formula is C19H28N2O3. The summed E-state index contributed by atoms with van der Waals surface area (Å²) < 4.78 is 0. The van der Waals surface area contributed by atoms with Crippen LogP contribution in [0, 0.1) is 5.41 Å². The van der Waals surface area contributed by atoms with Crippen molar-refractivity contribution in [3.63, 3.8) is 0 Å². The summed E-state index contributed by atoms with van der Waals surface area (Å²) >= 11 is 0. The number of aliphatic carboxylic acids is 1. The molecule has 1 aliphatic heterocycles. The van der Waals surface area contributed by atoms with Crippen LogP contribution in [0.1, 0.15) is 51.2 Å². The quantitative estimate of drug-likeness (QED) is 0.840. The molecule has 5 heteroatoms. The average molecular weight is 332 g/mol. The molecule has 2 rings (SSSR count). The first-order valence-electron chi connectivity index (χ1n) is 8.52. The van der Waals surface area contributed by atoms with E-state index in [1.54, 1.807) is 11.9 Å². The Balaban J connectivity index is 2.02. The number of nitrogens with one attached hydrogen (secondary N) is 1. The number of carboxylic acids is 1. The van der Waals surface area contributed by atoms with Gasteiger partial charge < -0.3 is 15.3 Å². The monoisotopic (exact) mass is 332 g/mol. The van der Waals surface area contributed by atoms with Gasteiger partial charge in [-0.2, -0.15) is 0 Å². The van der Waals surface area contributed by atoms with Crippen LogP contribution in [0.15, 0.2) is 18.2 Å². The zero-order chi connectivity index (χ0) is 17.9. The Morgan fingerprint density at radius 3 is 2.67 bits per heavy atom. The Hall–Kier alpha value is -1.88. The highest BCUT2D eigenvalue weighted by Gasteiger charge is 2.22. The molecule has 0 bridgehead atoms. The van der Waals surface area contributed by atoms with Crippen LogP contribution in [0.4, 0.5) is 5.69 Å². The van der Waals surface area contributed by atoms with Crippen molar-refractivity contribution in [1.29, 1.82) is 0 Å². The van der Waals surface area contributed by atoms with E-state index < -0.39 is 12.0 Å². The highest BCUT2D eigenvalue weighted by Crippen LogP contribution is 2.28. The van der Waals surface area contributed by atoms with E-state index in [1.165, 1.54) is 5.56 Å². The number of benzene rings is 1. The smallest absolute Gasteiger partial charge is 0.320 e. The normalized spacial score (nSPS) is 16.0. The van der Waals surface area contributed by atoms with E-state index in [9.17, 15) is 14.7 Å². The van der Waals surface area contributed by atoms with Crippen LogP contribution in [0.2, 0.25) is 0 Å². The fourth-order valence-corrected chi connectivity index (χ4v) is 2.92. The molecule has 0 aromatic heterocycles. The molecule has 1 aromatic carbocycles. The molecule has 0 saturated heterocycles. The van der Waals surface area contributed by atoms with E-state index in [-0.39, 0.29) is 11.3 Å². The zero-order valence-electron chi connectivity index (χ0n) is 15.1. The molecule has 132 valence electrons. The van der Waals surface area contributed by atoms with Gasteiger partial charge in [0.15, 0.2) is 0 Å². The first kappa shape index (κ1) is 18.5. The molecule has 2 N–H and O–H groups in total. The van der Waals surface area contributed by atoms with Gasteiger partial charge in [0.05, 0.1) is 0 Å². The van der Waals surface area contributed by atoms with Crippen molar-refractivity contribution in [2.24, 2.45) is 5.41 Å². The summed E-state index contributed by atoms with van der Waals surface area (Å²) in [6.45, 7) is 6.82. The Kier molecular flexibility index (Phi) is 5.65. The predicted octanol–water partition coefficient (Wildman–Crippen LogP) is 2.96. The zero-order valence-corrected chi connectivity index (χ0v) is 15.1. The third-order valence-corrected chi connectivity index (χ3v) is 4.53. The van der Waals surface area contributed by atoms with Crippen molar-refractivity contribution in [2.75, 3.05) is 11.9 Å². The summed E-state index contributed by atoms with van der Waals surface area (Å²) in [4.78, 5) is 25.0. The fraction of sp³-hybridized carbons (Fsp3) is 0.579. The molecule has 1 aliphatic rings. The summed E-state index contributed by atoms with van der Waals surface area (Å²) in [7, 11) is 1.79. The van der Waals surface area contributed by atoms with E-state index in [2.05, 4.69) is 26.1 Å². The van der Waals surface area contributed by atoms with Crippen molar-refractivity contribution in [3.8, 4) is 0 Å². The molecule has 0 unspecified atom stereocenters. The van der Waals surface area contributed by atoms with Crippen LogP contribution in [0.25, 0.3) is 0 Å². The summed E-state index contributed by atoms with van der Waals surface area (Å²) in [6, 6.07) is 5.49. The second-order valence-electron chi connectivity index (χ2n) is 7.79. The number of nitrogens with zero attached hydrogens (tertiary/aromatic N) is 1. The lowest BCUT2D eigenvalue weighted by atomic mass is 9.88. The fourth-order valence-electron chi connectivity index (χ4n) is 2.92. The molecule has 24 heavy (non-hydrogen) atoms. The van der Waals surface area contributed by atoms with Gasteiger partial charge in [0.25, 0.3) is 0 Å². The maximum Gasteiger partial charge on any atom is 0.320 e. The number of anilines is 1. The minimum absolute atomic E-state index is 0.115. The van der Waals surface area contributed by atoms with Gasteiger partial charge in [0.2, 0.25) is 5.91 Å². The minimum Gasteiger partial charge on any atom is -0.480 e. The number of carbonyl (C=O) groups excluding carboxylic acids is 1. The van der Waals surface area contributed by atoms with Crippen molar-refractivity contribution in [1.82, 2.24) is 5.32 Å². The largest absolute Gasteiger partial charge is 0.480 e. The highest BCUT2D eigenvalue weighted by atomic mass is 16.4. The van der Waals surface area contributed by atoms with Gasteiger partial charge >= 0.3 is 5.97 Å². The maximum absolute atomic E-state index is 11.8. The van der Waals surface area contributed by atoms with E-state index >= 15 is 0 Å². The molecule has 0 fully saturated rings. The van der Waals surface area contributed by atoms with Gasteiger partial charge in [-0.15, -0.1) is 0 Å². The Morgan fingerprint density at radius 2 is 2.04 bits per heavy atom. The van der Waals surface area contributed by atoms with E-state index in [4.69, 9.17) is 0 Å². The Bertz CT molecular complexity index is 620. The van der Waals surface area contributed by atoms with Crippen LogP contribution in [-0.4, -0.2) is 30.1 Å². The van der Waals surface area contributed by atoms with Crippen LogP contribution in [0.5, 0.6) is 0 Å². The molecule has 1 amide bonds. The van der Waals surface area contributed by atoms with Crippen molar-refractivity contribution in [2.45, 2.75) is 59.0 Å². The molecular weight excluding hydrogens is 304 g/mol. The number of carbonyl (C=O) groups is 2. The number of carboxylic acid groups (broad SMARTS) is 1. The molecule has 5 nitrogen and oxygen atoms in total. The van der Waals surface area contributed by atoms with Crippen LogP contribution < -0.4 is 10.2 Å². The summed E-state index contributed by atoms with van der Waals surface area (Å²) in [5.74, 6) is -0.689. The second kappa shape index (κ2) is 7.34. The molecule has 1 heterocycles. The van der Waals surface area contributed by atoms with Crippen molar-refractivity contribution in [3.05, 3.63) is 29.3 Å². The number of amides is 1. The van der Waals surface area contributed by atoms with Gasteiger partial charge in [-0.25, -0.2) is 0 Å². The number of hydrogen-bond donors (Lipinski definition) is 2. The third-order valence-electron chi connectivity index (χ3n) is 4.53. The predicted molar refractivity (Wildman–Crippen MR) is 95.1 cm³/mol. The molecule has 1 atom stereocenters. The van der Waals surface area contributed by atoms with Gasteiger partial charge in [-0.3, -0.25) is 9.59 Å². The first-order valence-corrected chi connectivity index (χ1v) is 8.52. The molecule has 0 aliphatic carbocycles. The topological polar surface area (TPSA) is 69.6 Å². The Labute approximate surface area is 144 Å². The maximum atomic E-state index is 11.8. The highest BCUT2D eigenvalue weighted by molar-refractivity contribution is 5.95. The summed E-state index contributed by atoms with van der Waals surface area (Å²) in [5.41, 5.74) is 3.22. The molecule has 1 aromatic rings. The van der Waals surface area contributed by atoms with Crippen LogP contribution in [0.3, 0.4) is 0 Å². The first-order chi connectivity index (χ1) is 11.2. The molecule has 0 radical (unpaired) electrons. The number of fused-ring (bicyclic) bond motifs is 1. The summed E-state index contributed by atoms with van der Waals surface area (Å²) in [6.07, 6.45) is 2.77. The number of rotatable bonds is 6.